The monoisotopic (exact) mass is 473 g/mol. The summed E-state index contributed by atoms with van der Waals surface area (Å²) in [6, 6.07) is 7.78. The van der Waals surface area contributed by atoms with Crippen molar-refractivity contribution in [3.05, 3.63) is 59.7 Å². The van der Waals surface area contributed by atoms with Crippen LogP contribution in [0.4, 0.5) is 8.78 Å². The Balaban J connectivity index is 1.76. The van der Waals surface area contributed by atoms with E-state index in [-0.39, 0.29) is 36.6 Å². The first-order valence-electron chi connectivity index (χ1n) is 9.21. The lowest BCUT2D eigenvalue weighted by atomic mass is 10.2. The molecule has 1 heterocycles. The number of carbonyl (C=O) groups is 1. The van der Waals surface area contributed by atoms with Crippen LogP contribution in [0, 0.1) is 11.6 Å². The Hall–Kier alpha value is -2.41. The number of piperazine rings is 1. The van der Waals surface area contributed by atoms with Gasteiger partial charge in [-0.3, -0.25) is 4.79 Å². The minimum absolute atomic E-state index is 0.0135. The van der Waals surface area contributed by atoms with Crippen LogP contribution < -0.4 is 0 Å². The number of nitrogens with zero attached hydrogens (tertiary/aromatic N) is 3. The molecule has 0 aliphatic carbocycles. The zero-order valence-electron chi connectivity index (χ0n) is 16.8. The van der Waals surface area contributed by atoms with Crippen molar-refractivity contribution in [2.45, 2.75) is 9.79 Å². The molecular formula is C19H21F2N3O5S2. The number of carbonyl (C=O) groups excluding carboxylic acids is 1. The van der Waals surface area contributed by atoms with Crippen molar-refractivity contribution in [2.75, 3.05) is 40.3 Å². The molecule has 2 aromatic carbocycles. The van der Waals surface area contributed by atoms with Crippen LogP contribution >= 0.6 is 0 Å². The van der Waals surface area contributed by atoms with Gasteiger partial charge in [0.2, 0.25) is 20.0 Å². The van der Waals surface area contributed by atoms with Gasteiger partial charge in [-0.05, 0) is 36.4 Å². The summed E-state index contributed by atoms with van der Waals surface area (Å²) in [5, 5.41) is 0. The highest BCUT2D eigenvalue weighted by Crippen LogP contribution is 2.23. The third-order valence-electron chi connectivity index (χ3n) is 4.90. The number of halogens is 2. The number of rotatable bonds is 5. The predicted octanol–water partition coefficient (Wildman–Crippen LogP) is 1.36. The average Bonchev–Trinajstić information content (AvgIpc) is 2.75. The molecule has 12 heteroatoms. The highest BCUT2D eigenvalue weighted by Gasteiger charge is 2.32. The fourth-order valence-electron chi connectivity index (χ4n) is 3.13. The summed E-state index contributed by atoms with van der Waals surface area (Å²) in [4.78, 5) is 13.4. The van der Waals surface area contributed by atoms with Crippen molar-refractivity contribution in [2.24, 2.45) is 0 Å². The van der Waals surface area contributed by atoms with Crippen LogP contribution in [0.1, 0.15) is 10.4 Å². The molecular weight excluding hydrogens is 452 g/mol. The van der Waals surface area contributed by atoms with Gasteiger partial charge in [-0.25, -0.2) is 29.9 Å². The topological polar surface area (TPSA) is 95.1 Å². The summed E-state index contributed by atoms with van der Waals surface area (Å²) in [6.45, 7) is -0.196. The van der Waals surface area contributed by atoms with Gasteiger partial charge in [0.05, 0.1) is 4.90 Å². The maximum Gasteiger partial charge on any atom is 0.253 e. The molecule has 0 radical (unpaired) electrons. The number of sulfonamides is 2. The molecule has 1 aliphatic heterocycles. The first kappa shape index (κ1) is 23.3. The molecule has 3 rings (SSSR count). The van der Waals surface area contributed by atoms with Gasteiger partial charge >= 0.3 is 0 Å². The van der Waals surface area contributed by atoms with Crippen LogP contribution in [0.25, 0.3) is 0 Å². The first-order valence-corrected chi connectivity index (χ1v) is 12.1. The van der Waals surface area contributed by atoms with Crippen molar-refractivity contribution in [3.8, 4) is 0 Å². The Bertz CT molecular complexity index is 1210. The van der Waals surface area contributed by atoms with E-state index in [1.54, 1.807) is 0 Å². The van der Waals surface area contributed by atoms with Crippen molar-refractivity contribution in [1.29, 1.82) is 0 Å². The van der Waals surface area contributed by atoms with Crippen molar-refractivity contribution in [3.63, 3.8) is 0 Å². The molecule has 0 atom stereocenters. The summed E-state index contributed by atoms with van der Waals surface area (Å²) in [7, 11) is -5.23. The summed E-state index contributed by atoms with van der Waals surface area (Å²) in [6.07, 6.45) is 0. The van der Waals surface area contributed by atoms with E-state index in [0.29, 0.717) is 6.07 Å². The van der Waals surface area contributed by atoms with Gasteiger partial charge in [0, 0.05) is 45.8 Å². The smallest absolute Gasteiger partial charge is 0.253 e. The first-order chi connectivity index (χ1) is 14.4. The summed E-state index contributed by atoms with van der Waals surface area (Å²) < 4.78 is 79.3. The molecule has 1 fully saturated rings. The van der Waals surface area contributed by atoms with Crippen LogP contribution in [0.2, 0.25) is 0 Å². The third kappa shape index (κ3) is 4.61. The lowest BCUT2D eigenvalue weighted by molar-refractivity contribution is 0.0697. The fourth-order valence-corrected chi connectivity index (χ4v) is 5.57. The average molecular weight is 474 g/mol. The van der Waals surface area contributed by atoms with Gasteiger partial charge in [-0.15, -0.1) is 0 Å². The molecule has 0 unspecified atom stereocenters. The Morgan fingerprint density at radius 2 is 1.58 bits per heavy atom. The Morgan fingerprint density at radius 1 is 0.935 bits per heavy atom. The van der Waals surface area contributed by atoms with Crippen LogP contribution in [0.3, 0.4) is 0 Å². The Labute approximate surface area is 179 Å². The van der Waals surface area contributed by atoms with Crippen molar-refractivity contribution >= 4 is 26.0 Å². The zero-order chi connectivity index (χ0) is 23.0. The van der Waals surface area contributed by atoms with E-state index in [1.165, 1.54) is 43.3 Å². The van der Waals surface area contributed by atoms with E-state index in [2.05, 4.69) is 0 Å². The molecule has 168 valence electrons. The SMILES string of the molecule is CN(C)S(=O)(=O)c1cccc(C(=O)N2CCN(S(=O)(=O)c3cc(F)ccc3F)CC2)c1. The van der Waals surface area contributed by atoms with E-state index >= 15 is 0 Å². The minimum Gasteiger partial charge on any atom is -0.336 e. The second kappa shape index (κ2) is 8.61. The summed E-state index contributed by atoms with van der Waals surface area (Å²) in [5.41, 5.74) is 0.149. The largest absolute Gasteiger partial charge is 0.336 e. The standard InChI is InChI=1S/C19H21F2N3O5S2/c1-22(2)30(26,27)16-5-3-4-14(12-16)19(25)23-8-10-24(11-9-23)31(28,29)18-13-15(20)6-7-17(18)21/h3-7,12-13H,8-11H2,1-2H3. The molecule has 8 nitrogen and oxygen atoms in total. The van der Waals surface area contributed by atoms with E-state index in [1.807, 2.05) is 0 Å². The van der Waals surface area contributed by atoms with Gasteiger partial charge in [0.15, 0.2) is 0 Å². The second-order valence-corrected chi connectivity index (χ2v) is 11.1. The van der Waals surface area contributed by atoms with Gasteiger partial charge in [-0.1, -0.05) is 6.07 Å². The molecule has 0 saturated carbocycles. The lowest BCUT2D eigenvalue weighted by Gasteiger charge is -2.34. The third-order valence-corrected chi connectivity index (χ3v) is 8.62. The van der Waals surface area contributed by atoms with E-state index in [9.17, 15) is 30.4 Å². The Kier molecular flexibility index (Phi) is 6.46. The normalized spacial score (nSPS) is 16.0. The summed E-state index contributed by atoms with van der Waals surface area (Å²) in [5.74, 6) is -2.38. The maximum atomic E-state index is 13.9. The molecule has 1 amide bonds. The number of benzene rings is 2. The fraction of sp³-hybridized carbons (Fsp3) is 0.316. The van der Waals surface area contributed by atoms with Crippen molar-refractivity contribution < 1.29 is 30.4 Å². The molecule has 1 aliphatic rings. The van der Waals surface area contributed by atoms with Gasteiger partial charge in [0.25, 0.3) is 5.91 Å². The number of hydrogen-bond acceptors (Lipinski definition) is 5. The van der Waals surface area contributed by atoms with E-state index < -0.39 is 42.5 Å². The van der Waals surface area contributed by atoms with Crippen molar-refractivity contribution in [1.82, 2.24) is 13.5 Å². The number of hydrogen-bond donors (Lipinski definition) is 0. The van der Waals surface area contributed by atoms with E-state index in [4.69, 9.17) is 0 Å². The van der Waals surface area contributed by atoms with Crippen LogP contribution in [0.15, 0.2) is 52.3 Å². The van der Waals surface area contributed by atoms with Crippen LogP contribution in [-0.4, -0.2) is 76.5 Å². The van der Waals surface area contributed by atoms with Gasteiger partial charge < -0.3 is 4.90 Å². The quantitative estimate of drug-likeness (QED) is 0.654. The zero-order valence-corrected chi connectivity index (χ0v) is 18.5. The van der Waals surface area contributed by atoms with E-state index in [0.717, 1.165) is 20.7 Å². The molecule has 0 bridgehead atoms. The van der Waals surface area contributed by atoms with Crippen LogP contribution in [0.5, 0.6) is 0 Å². The molecule has 0 aromatic heterocycles. The minimum atomic E-state index is -4.27. The van der Waals surface area contributed by atoms with Crippen LogP contribution in [-0.2, 0) is 20.0 Å². The second-order valence-electron chi connectivity index (χ2n) is 7.09. The van der Waals surface area contributed by atoms with Gasteiger partial charge in [-0.2, -0.15) is 4.31 Å². The highest BCUT2D eigenvalue weighted by atomic mass is 32.2. The molecule has 0 spiro atoms. The molecule has 2 aromatic rings. The maximum absolute atomic E-state index is 13.9. The predicted molar refractivity (Wildman–Crippen MR) is 108 cm³/mol. The lowest BCUT2D eigenvalue weighted by Crippen LogP contribution is -2.50. The van der Waals surface area contributed by atoms with Gasteiger partial charge in [0.1, 0.15) is 16.5 Å². The highest BCUT2D eigenvalue weighted by molar-refractivity contribution is 7.89. The summed E-state index contributed by atoms with van der Waals surface area (Å²) >= 11 is 0. The number of amides is 1. The molecule has 1 saturated heterocycles. The molecule has 0 N–H and O–H groups in total. The molecule has 31 heavy (non-hydrogen) atoms. The Morgan fingerprint density at radius 3 is 2.19 bits per heavy atom.